The fourth-order valence-corrected chi connectivity index (χ4v) is 2.93. The second kappa shape index (κ2) is 9.16. The molecule has 0 saturated carbocycles. The monoisotopic (exact) mass is 304 g/mol. The molecular weight excluding hydrogens is 272 g/mol. The molecule has 2 rings (SSSR count). The van der Waals surface area contributed by atoms with Gasteiger partial charge < -0.3 is 14.5 Å². The zero-order valence-corrected chi connectivity index (χ0v) is 14.6. The summed E-state index contributed by atoms with van der Waals surface area (Å²) < 4.78 is 5.87. The first-order valence-corrected chi connectivity index (χ1v) is 8.80. The summed E-state index contributed by atoms with van der Waals surface area (Å²) >= 11 is 0. The van der Waals surface area contributed by atoms with Gasteiger partial charge in [0.25, 0.3) is 0 Å². The van der Waals surface area contributed by atoms with Gasteiger partial charge >= 0.3 is 0 Å². The fourth-order valence-electron chi connectivity index (χ4n) is 2.93. The van der Waals surface area contributed by atoms with Crippen LogP contribution >= 0.6 is 0 Å². The normalized spacial score (nSPS) is 18.3. The number of ether oxygens (including phenoxy) is 1. The van der Waals surface area contributed by atoms with Gasteiger partial charge in [0, 0.05) is 32.7 Å². The highest BCUT2D eigenvalue weighted by Gasteiger charge is 2.13. The molecule has 3 heteroatoms. The van der Waals surface area contributed by atoms with Crippen molar-refractivity contribution in [1.82, 2.24) is 9.80 Å². The van der Waals surface area contributed by atoms with Gasteiger partial charge in [-0.25, -0.2) is 0 Å². The average Bonchev–Trinajstić information content (AvgIpc) is 2.54. The lowest BCUT2D eigenvalue weighted by Crippen LogP contribution is -2.45. The topological polar surface area (TPSA) is 15.7 Å². The van der Waals surface area contributed by atoms with E-state index in [4.69, 9.17) is 4.74 Å². The zero-order chi connectivity index (χ0) is 15.8. The molecule has 1 fully saturated rings. The molecule has 1 aromatic rings. The highest BCUT2D eigenvalue weighted by atomic mass is 16.5. The van der Waals surface area contributed by atoms with Crippen molar-refractivity contribution < 1.29 is 4.74 Å². The fraction of sp³-hybridized carbons (Fsp3) is 0.684. The Hall–Kier alpha value is -1.06. The summed E-state index contributed by atoms with van der Waals surface area (Å²) in [5.74, 6) is 1.65. The molecule has 3 nitrogen and oxygen atoms in total. The number of rotatable bonds is 8. The summed E-state index contributed by atoms with van der Waals surface area (Å²) in [5.41, 5.74) is 1.41. The van der Waals surface area contributed by atoms with Gasteiger partial charge in [0.05, 0.1) is 6.61 Å². The minimum Gasteiger partial charge on any atom is -0.493 e. The van der Waals surface area contributed by atoms with Crippen molar-refractivity contribution in [3.63, 3.8) is 0 Å². The van der Waals surface area contributed by atoms with Crippen molar-refractivity contribution >= 4 is 0 Å². The molecule has 1 aliphatic heterocycles. The van der Waals surface area contributed by atoms with Crippen molar-refractivity contribution in [3.05, 3.63) is 29.8 Å². The maximum Gasteiger partial charge on any atom is 0.119 e. The lowest BCUT2D eigenvalue weighted by atomic mass is 10.1. The lowest BCUT2D eigenvalue weighted by molar-refractivity contribution is 0.155. The van der Waals surface area contributed by atoms with Crippen LogP contribution in [0.3, 0.4) is 0 Å². The first-order chi connectivity index (χ1) is 10.7. The molecule has 1 aliphatic rings. The van der Waals surface area contributed by atoms with Gasteiger partial charge in [0.15, 0.2) is 0 Å². The van der Waals surface area contributed by atoms with Crippen molar-refractivity contribution in [2.45, 2.75) is 33.1 Å². The van der Waals surface area contributed by atoms with E-state index in [1.165, 1.54) is 51.1 Å². The van der Waals surface area contributed by atoms with Gasteiger partial charge in [-0.05, 0) is 43.5 Å². The SMILES string of the molecule is CCCC(C)COc1ccc(CCN2CCN(C)CC2)cc1. The van der Waals surface area contributed by atoms with Crippen LogP contribution in [0.4, 0.5) is 0 Å². The zero-order valence-electron chi connectivity index (χ0n) is 14.6. The van der Waals surface area contributed by atoms with Crippen LogP contribution in [-0.2, 0) is 6.42 Å². The molecule has 0 N–H and O–H groups in total. The number of hydrogen-bond acceptors (Lipinski definition) is 3. The molecule has 0 amide bonds. The lowest BCUT2D eigenvalue weighted by Gasteiger charge is -2.32. The molecular formula is C19H32N2O. The third kappa shape index (κ3) is 5.98. The second-order valence-electron chi connectivity index (χ2n) is 6.74. The van der Waals surface area contributed by atoms with E-state index in [2.05, 4.69) is 55.0 Å². The van der Waals surface area contributed by atoms with Crippen LogP contribution in [0, 0.1) is 5.92 Å². The van der Waals surface area contributed by atoms with Gasteiger partial charge in [-0.15, -0.1) is 0 Å². The summed E-state index contributed by atoms with van der Waals surface area (Å²) in [6.07, 6.45) is 3.61. The van der Waals surface area contributed by atoms with Gasteiger partial charge in [-0.2, -0.15) is 0 Å². The van der Waals surface area contributed by atoms with Crippen LogP contribution in [0.5, 0.6) is 5.75 Å². The molecule has 1 saturated heterocycles. The van der Waals surface area contributed by atoms with E-state index in [1.54, 1.807) is 0 Å². The van der Waals surface area contributed by atoms with Crippen molar-refractivity contribution in [1.29, 1.82) is 0 Å². The molecule has 1 aromatic carbocycles. The Labute approximate surface area is 136 Å². The number of piperazine rings is 1. The van der Waals surface area contributed by atoms with Crippen LogP contribution in [-0.4, -0.2) is 56.2 Å². The first kappa shape index (κ1) is 17.3. The Morgan fingerprint density at radius 1 is 1.09 bits per heavy atom. The molecule has 0 radical (unpaired) electrons. The largest absolute Gasteiger partial charge is 0.493 e. The molecule has 22 heavy (non-hydrogen) atoms. The number of hydrogen-bond donors (Lipinski definition) is 0. The Bertz CT molecular complexity index is 410. The van der Waals surface area contributed by atoms with E-state index in [0.29, 0.717) is 5.92 Å². The van der Waals surface area contributed by atoms with E-state index < -0.39 is 0 Å². The molecule has 1 unspecified atom stereocenters. The Morgan fingerprint density at radius 3 is 2.41 bits per heavy atom. The Kier molecular flexibility index (Phi) is 7.20. The van der Waals surface area contributed by atoms with Crippen LogP contribution in [0.15, 0.2) is 24.3 Å². The van der Waals surface area contributed by atoms with Gasteiger partial charge in [-0.1, -0.05) is 32.4 Å². The Morgan fingerprint density at radius 2 is 1.77 bits per heavy atom. The first-order valence-electron chi connectivity index (χ1n) is 8.80. The van der Waals surface area contributed by atoms with E-state index in [9.17, 15) is 0 Å². The van der Waals surface area contributed by atoms with Crippen LogP contribution in [0.2, 0.25) is 0 Å². The summed E-state index contributed by atoms with van der Waals surface area (Å²) in [7, 11) is 2.21. The van der Waals surface area contributed by atoms with E-state index in [0.717, 1.165) is 18.8 Å². The predicted octanol–water partition coefficient (Wildman–Crippen LogP) is 3.29. The number of benzene rings is 1. The summed E-state index contributed by atoms with van der Waals surface area (Å²) in [4.78, 5) is 4.97. The Balaban J connectivity index is 1.70. The quantitative estimate of drug-likeness (QED) is 0.733. The van der Waals surface area contributed by atoms with Crippen LogP contribution < -0.4 is 4.74 Å². The molecule has 0 aromatic heterocycles. The maximum absolute atomic E-state index is 5.87. The third-order valence-electron chi connectivity index (χ3n) is 4.55. The summed E-state index contributed by atoms with van der Waals surface area (Å²) in [6.45, 7) is 11.3. The smallest absolute Gasteiger partial charge is 0.119 e. The van der Waals surface area contributed by atoms with Crippen LogP contribution in [0.1, 0.15) is 32.3 Å². The van der Waals surface area contributed by atoms with E-state index in [-0.39, 0.29) is 0 Å². The second-order valence-corrected chi connectivity index (χ2v) is 6.74. The minimum absolute atomic E-state index is 0.641. The number of nitrogens with zero attached hydrogens (tertiary/aromatic N) is 2. The van der Waals surface area contributed by atoms with E-state index in [1.807, 2.05) is 0 Å². The van der Waals surface area contributed by atoms with Crippen molar-refractivity contribution in [2.24, 2.45) is 5.92 Å². The average molecular weight is 304 g/mol. The van der Waals surface area contributed by atoms with Crippen molar-refractivity contribution in [3.8, 4) is 5.75 Å². The molecule has 1 atom stereocenters. The summed E-state index contributed by atoms with van der Waals surface area (Å²) in [5, 5.41) is 0. The predicted molar refractivity (Wildman–Crippen MR) is 93.7 cm³/mol. The molecule has 124 valence electrons. The molecule has 0 spiro atoms. The number of likely N-dealkylation sites (N-methyl/N-ethyl adjacent to an activating group) is 1. The summed E-state index contributed by atoms with van der Waals surface area (Å²) in [6, 6.07) is 8.68. The third-order valence-corrected chi connectivity index (χ3v) is 4.55. The standard InChI is InChI=1S/C19H32N2O/c1-4-5-17(2)16-22-19-8-6-18(7-9-19)10-11-21-14-12-20(3)13-15-21/h6-9,17H,4-5,10-16H2,1-3H3. The minimum atomic E-state index is 0.641. The highest BCUT2D eigenvalue weighted by Crippen LogP contribution is 2.15. The molecule has 0 aliphatic carbocycles. The molecule has 1 heterocycles. The van der Waals surface area contributed by atoms with Crippen LogP contribution in [0.25, 0.3) is 0 Å². The van der Waals surface area contributed by atoms with E-state index >= 15 is 0 Å². The highest BCUT2D eigenvalue weighted by molar-refractivity contribution is 5.27. The van der Waals surface area contributed by atoms with Gasteiger partial charge in [0.1, 0.15) is 5.75 Å². The molecule has 0 bridgehead atoms. The van der Waals surface area contributed by atoms with Gasteiger partial charge in [-0.3, -0.25) is 0 Å². The van der Waals surface area contributed by atoms with Crippen molar-refractivity contribution in [2.75, 3.05) is 46.4 Å². The maximum atomic E-state index is 5.87. The van der Waals surface area contributed by atoms with Gasteiger partial charge in [0.2, 0.25) is 0 Å².